The van der Waals surface area contributed by atoms with Crippen molar-refractivity contribution < 1.29 is 10.7 Å². The van der Waals surface area contributed by atoms with Gasteiger partial charge in [0.05, 0.1) is 11.6 Å². The molecule has 0 amide bonds. The fourth-order valence-corrected chi connectivity index (χ4v) is 3.18. The molecule has 1 saturated carbocycles. The quantitative estimate of drug-likeness (QED) is 0.482. The summed E-state index contributed by atoms with van der Waals surface area (Å²) in [5.74, 6) is 1.31. The molecule has 4 N–H and O–H groups in total. The Morgan fingerprint density at radius 2 is 2.00 bits per heavy atom. The van der Waals surface area contributed by atoms with Gasteiger partial charge in [-0.25, -0.2) is 15.2 Å². The lowest BCUT2D eigenvalue weighted by molar-refractivity contribution is -0.825. The molecule has 1 aromatic carbocycles. The number of quaternary nitrogens is 1. The molecular formula is C19H22N5O2+. The minimum Gasteiger partial charge on any atom is -0.375 e. The van der Waals surface area contributed by atoms with Gasteiger partial charge in [-0.15, -0.1) is 0 Å². The maximum atomic E-state index is 12.3. The summed E-state index contributed by atoms with van der Waals surface area (Å²) in [7, 11) is 1.74. The summed E-state index contributed by atoms with van der Waals surface area (Å²) in [6.45, 7) is 1.97. The first-order valence-corrected chi connectivity index (χ1v) is 8.76. The second-order valence-electron chi connectivity index (χ2n) is 6.88. The fourth-order valence-electron chi connectivity index (χ4n) is 3.18. The second kappa shape index (κ2) is 6.51. The second-order valence-corrected chi connectivity index (χ2v) is 6.88. The SMILES string of the molecule is CC(Nc1cc(=O)n(C)c2ccc([NH2+]O)cc12)c1ncc(C2CC2)cn1. The number of nitrogens with two attached hydrogens (primary N) is 1. The molecule has 0 aliphatic heterocycles. The van der Waals surface area contributed by atoms with Crippen LogP contribution in [0.25, 0.3) is 10.9 Å². The van der Waals surface area contributed by atoms with Gasteiger partial charge in [0, 0.05) is 48.7 Å². The molecule has 1 atom stereocenters. The summed E-state index contributed by atoms with van der Waals surface area (Å²) >= 11 is 0. The summed E-state index contributed by atoms with van der Waals surface area (Å²) in [5.41, 5.74) is 4.33. The Hall–Kier alpha value is -2.77. The van der Waals surface area contributed by atoms with E-state index >= 15 is 0 Å². The van der Waals surface area contributed by atoms with E-state index in [1.807, 2.05) is 31.5 Å². The molecule has 7 heteroatoms. The third-order valence-electron chi connectivity index (χ3n) is 4.92. The average Bonchev–Trinajstić information content (AvgIpc) is 3.51. The summed E-state index contributed by atoms with van der Waals surface area (Å²) < 4.78 is 1.59. The molecule has 134 valence electrons. The van der Waals surface area contributed by atoms with Crippen molar-refractivity contribution in [2.75, 3.05) is 5.32 Å². The van der Waals surface area contributed by atoms with Gasteiger partial charge in [-0.1, -0.05) is 0 Å². The van der Waals surface area contributed by atoms with Gasteiger partial charge in [-0.05, 0) is 37.3 Å². The van der Waals surface area contributed by atoms with Gasteiger partial charge in [0.15, 0.2) is 5.69 Å². The van der Waals surface area contributed by atoms with E-state index in [-0.39, 0.29) is 11.6 Å². The molecule has 0 bridgehead atoms. The van der Waals surface area contributed by atoms with Crippen molar-refractivity contribution in [1.82, 2.24) is 14.5 Å². The van der Waals surface area contributed by atoms with Crippen molar-refractivity contribution in [3.05, 3.63) is 58.4 Å². The molecule has 0 radical (unpaired) electrons. The topological polar surface area (TPSA) is 96.7 Å². The summed E-state index contributed by atoms with van der Waals surface area (Å²) in [6.07, 6.45) is 6.25. The van der Waals surface area contributed by atoms with Crippen LogP contribution in [-0.4, -0.2) is 19.7 Å². The summed E-state index contributed by atoms with van der Waals surface area (Å²) in [6, 6.07) is 6.87. The largest absolute Gasteiger partial charge is 0.375 e. The molecule has 0 saturated heterocycles. The number of anilines is 1. The average molecular weight is 352 g/mol. The van der Waals surface area contributed by atoms with Crippen molar-refractivity contribution in [1.29, 1.82) is 0 Å². The predicted molar refractivity (Wildman–Crippen MR) is 98.6 cm³/mol. The zero-order valence-corrected chi connectivity index (χ0v) is 14.8. The molecule has 4 rings (SSSR count). The van der Waals surface area contributed by atoms with Crippen molar-refractivity contribution >= 4 is 22.3 Å². The molecule has 0 spiro atoms. The van der Waals surface area contributed by atoms with Gasteiger partial charge < -0.3 is 9.88 Å². The number of nitrogens with zero attached hydrogens (tertiary/aromatic N) is 3. The van der Waals surface area contributed by atoms with Crippen LogP contribution in [-0.2, 0) is 7.05 Å². The molecule has 1 aliphatic carbocycles. The minimum absolute atomic E-state index is 0.0991. The van der Waals surface area contributed by atoms with Crippen LogP contribution in [0.2, 0.25) is 0 Å². The van der Waals surface area contributed by atoms with Crippen LogP contribution in [0.3, 0.4) is 0 Å². The highest BCUT2D eigenvalue weighted by molar-refractivity contribution is 5.93. The zero-order valence-electron chi connectivity index (χ0n) is 14.8. The number of hydrogen-bond donors (Lipinski definition) is 3. The Morgan fingerprint density at radius 3 is 2.65 bits per heavy atom. The van der Waals surface area contributed by atoms with Crippen LogP contribution in [0.5, 0.6) is 0 Å². The normalized spacial score (nSPS) is 15.2. The standard InChI is InChI=1S/C19H21N5O2/c1-11(19-20-9-13(10-21-19)12-3-4-12)22-16-8-18(25)24(2)17-6-5-14(23-26)7-15(16)17/h5-12,22-23,26H,3-4H2,1-2H3/p+1. The molecule has 2 heterocycles. The Labute approximate surface area is 150 Å². The van der Waals surface area contributed by atoms with E-state index in [9.17, 15) is 10.0 Å². The number of pyridine rings is 1. The van der Waals surface area contributed by atoms with Gasteiger partial charge in [0.25, 0.3) is 5.56 Å². The number of hydrogen-bond acceptors (Lipinski definition) is 5. The van der Waals surface area contributed by atoms with Crippen LogP contribution in [0, 0.1) is 0 Å². The van der Waals surface area contributed by atoms with Gasteiger partial charge in [0.1, 0.15) is 5.82 Å². The molecule has 2 aromatic heterocycles. The number of benzene rings is 1. The van der Waals surface area contributed by atoms with E-state index in [0.29, 0.717) is 23.1 Å². The third kappa shape index (κ3) is 3.07. The smallest absolute Gasteiger partial charge is 0.252 e. The lowest BCUT2D eigenvalue weighted by Crippen LogP contribution is -2.73. The Balaban J connectivity index is 1.68. The number of fused-ring (bicyclic) bond motifs is 1. The molecule has 1 unspecified atom stereocenters. The predicted octanol–water partition coefficient (Wildman–Crippen LogP) is 1.96. The first-order chi connectivity index (χ1) is 12.6. The lowest BCUT2D eigenvalue weighted by Gasteiger charge is -2.17. The molecule has 26 heavy (non-hydrogen) atoms. The number of aryl methyl sites for hydroxylation is 1. The van der Waals surface area contributed by atoms with Crippen LogP contribution in [0.15, 0.2) is 41.5 Å². The molecule has 1 fully saturated rings. The maximum absolute atomic E-state index is 12.3. The fraction of sp³-hybridized carbons (Fsp3) is 0.316. The van der Waals surface area contributed by atoms with Crippen LogP contribution >= 0.6 is 0 Å². The third-order valence-corrected chi connectivity index (χ3v) is 4.92. The van der Waals surface area contributed by atoms with E-state index in [0.717, 1.165) is 16.4 Å². The van der Waals surface area contributed by atoms with Crippen LogP contribution in [0.4, 0.5) is 11.4 Å². The van der Waals surface area contributed by atoms with E-state index in [1.165, 1.54) is 18.4 Å². The van der Waals surface area contributed by atoms with Crippen molar-refractivity contribution in [2.24, 2.45) is 7.05 Å². The Morgan fingerprint density at radius 1 is 1.27 bits per heavy atom. The highest BCUT2D eigenvalue weighted by Crippen LogP contribution is 2.39. The summed E-state index contributed by atoms with van der Waals surface area (Å²) in [4.78, 5) is 21.3. The van der Waals surface area contributed by atoms with Gasteiger partial charge >= 0.3 is 0 Å². The van der Waals surface area contributed by atoms with Crippen LogP contribution < -0.4 is 16.4 Å². The maximum Gasteiger partial charge on any atom is 0.252 e. The minimum atomic E-state index is -0.152. The highest BCUT2D eigenvalue weighted by atomic mass is 16.5. The van der Waals surface area contributed by atoms with Gasteiger partial charge in [-0.3, -0.25) is 4.79 Å². The van der Waals surface area contributed by atoms with E-state index in [1.54, 1.807) is 23.7 Å². The Bertz CT molecular complexity index is 1010. The summed E-state index contributed by atoms with van der Waals surface area (Å²) in [5, 5.41) is 13.5. The number of nitrogens with one attached hydrogen (secondary N) is 1. The molecule has 1 aliphatic rings. The van der Waals surface area contributed by atoms with Crippen molar-refractivity contribution in [3.8, 4) is 0 Å². The lowest BCUT2D eigenvalue weighted by atomic mass is 10.1. The highest BCUT2D eigenvalue weighted by Gasteiger charge is 2.24. The van der Waals surface area contributed by atoms with Gasteiger partial charge in [-0.2, -0.15) is 5.48 Å². The molecule has 7 nitrogen and oxygen atoms in total. The Kier molecular flexibility index (Phi) is 4.18. The van der Waals surface area contributed by atoms with Crippen molar-refractivity contribution in [2.45, 2.75) is 31.7 Å². The first-order valence-electron chi connectivity index (χ1n) is 8.76. The molecule has 3 aromatic rings. The first kappa shape index (κ1) is 16.7. The molecular weight excluding hydrogens is 330 g/mol. The monoisotopic (exact) mass is 352 g/mol. The number of rotatable bonds is 5. The number of aromatic nitrogens is 3. The van der Waals surface area contributed by atoms with E-state index in [2.05, 4.69) is 15.3 Å². The van der Waals surface area contributed by atoms with E-state index in [4.69, 9.17) is 0 Å². The zero-order chi connectivity index (χ0) is 18.3. The van der Waals surface area contributed by atoms with Crippen molar-refractivity contribution in [3.63, 3.8) is 0 Å². The van der Waals surface area contributed by atoms with E-state index < -0.39 is 0 Å². The van der Waals surface area contributed by atoms with Crippen LogP contribution in [0.1, 0.15) is 43.1 Å². The van der Waals surface area contributed by atoms with Gasteiger partial charge in [0.2, 0.25) is 0 Å².